The Balaban J connectivity index is 2.43. The summed E-state index contributed by atoms with van der Waals surface area (Å²) in [7, 11) is 4.30. The highest BCUT2D eigenvalue weighted by atomic mass is 16.5. The summed E-state index contributed by atoms with van der Waals surface area (Å²) in [6.45, 7) is 4.32. The Morgan fingerprint density at radius 2 is 1.55 bits per heavy atom. The van der Waals surface area contributed by atoms with Gasteiger partial charge in [-0.25, -0.2) is 0 Å². The zero-order valence-corrected chi connectivity index (χ0v) is 8.00. The van der Waals surface area contributed by atoms with Crippen LogP contribution in [0.15, 0.2) is 0 Å². The highest BCUT2D eigenvalue weighted by Gasteiger charge is 2.25. The largest absolute Gasteiger partial charge is 0.375 e. The van der Waals surface area contributed by atoms with Crippen LogP contribution in [0.5, 0.6) is 0 Å². The highest BCUT2D eigenvalue weighted by Crippen LogP contribution is 2.21. The smallest absolute Gasteiger partial charge is 0.0565 e. The van der Waals surface area contributed by atoms with Gasteiger partial charge in [-0.05, 0) is 40.8 Å². The molecule has 2 nitrogen and oxygen atoms in total. The van der Waals surface area contributed by atoms with Crippen molar-refractivity contribution in [3.8, 4) is 0 Å². The summed E-state index contributed by atoms with van der Waals surface area (Å²) >= 11 is 0. The maximum absolute atomic E-state index is 5.64. The van der Waals surface area contributed by atoms with E-state index in [4.69, 9.17) is 4.74 Å². The molecule has 1 saturated heterocycles. The second-order valence-electron chi connectivity index (χ2n) is 3.85. The predicted molar refractivity (Wildman–Crippen MR) is 46.7 cm³/mol. The molecule has 0 aromatic heterocycles. The minimum atomic E-state index is 0.436. The maximum Gasteiger partial charge on any atom is 0.0565 e. The number of hydrogen-bond donors (Lipinski definition) is 0. The second kappa shape index (κ2) is 3.55. The van der Waals surface area contributed by atoms with E-state index in [9.17, 15) is 0 Å². The molecule has 0 aromatic rings. The van der Waals surface area contributed by atoms with Gasteiger partial charge in [-0.1, -0.05) is 0 Å². The minimum absolute atomic E-state index is 0.436. The van der Waals surface area contributed by atoms with Gasteiger partial charge < -0.3 is 9.64 Å². The summed E-state index contributed by atoms with van der Waals surface area (Å²) < 4.78 is 5.64. The summed E-state index contributed by atoms with van der Waals surface area (Å²) in [6, 6.07) is 0.716. The highest BCUT2D eigenvalue weighted by molar-refractivity contribution is 4.77. The van der Waals surface area contributed by atoms with Gasteiger partial charge in [0.25, 0.3) is 0 Å². The van der Waals surface area contributed by atoms with Crippen LogP contribution in [0.1, 0.15) is 26.7 Å². The van der Waals surface area contributed by atoms with E-state index in [1.165, 1.54) is 12.8 Å². The Kier molecular flexibility index (Phi) is 2.90. The molecule has 0 amide bonds. The second-order valence-corrected chi connectivity index (χ2v) is 3.85. The van der Waals surface area contributed by atoms with Gasteiger partial charge in [-0.2, -0.15) is 0 Å². The number of ether oxygens (including phenoxy) is 1. The summed E-state index contributed by atoms with van der Waals surface area (Å²) in [5.41, 5.74) is 0. The van der Waals surface area contributed by atoms with Crippen LogP contribution in [0.3, 0.4) is 0 Å². The van der Waals surface area contributed by atoms with Gasteiger partial charge in [0.05, 0.1) is 12.2 Å². The average Bonchev–Trinajstić information content (AvgIpc) is 1.85. The van der Waals surface area contributed by atoms with Crippen molar-refractivity contribution in [2.75, 3.05) is 14.1 Å². The Bertz CT molecular complexity index is 115. The van der Waals surface area contributed by atoms with E-state index in [1.807, 2.05) is 0 Å². The van der Waals surface area contributed by atoms with E-state index in [0.29, 0.717) is 18.2 Å². The van der Waals surface area contributed by atoms with Crippen molar-refractivity contribution in [2.45, 2.75) is 44.9 Å². The topological polar surface area (TPSA) is 12.5 Å². The van der Waals surface area contributed by atoms with E-state index in [-0.39, 0.29) is 0 Å². The summed E-state index contributed by atoms with van der Waals surface area (Å²) in [5, 5.41) is 0. The molecule has 66 valence electrons. The van der Waals surface area contributed by atoms with Gasteiger partial charge in [0, 0.05) is 6.04 Å². The molecule has 0 saturated carbocycles. The lowest BCUT2D eigenvalue weighted by atomic mass is 9.99. The van der Waals surface area contributed by atoms with Crippen LogP contribution in [0.2, 0.25) is 0 Å². The molecule has 1 fully saturated rings. The molecule has 1 aliphatic heterocycles. The van der Waals surface area contributed by atoms with Gasteiger partial charge in [0.2, 0.25) is 0 Å². The molecule has 3 atom stereocenters. The van der Waals surface area contributed by atoms with Crippen LogP contribution in [0, 0.1) is 0 Å². The van der Waals surface area contributed by atoms with Gasteiger partial charge in [0.1, 0.15) is 0 Å². The lowest BCUT2D eigenvalue weighted by Crippen LogP contribution is -2.40. The Hall–Kier alpha value is -0.0800. The first kappa shape index (κ1) is 9.01. The molecular weight excluding hydrogens is 138 g/mol. The lowest BCUT2D eigenvalue weighted by molar-refractivity contribution is -0.0578. The maximum atomic E-state index is 5.64. The molecular formula is C9H19NO. The monoisotopic (exact) mass is 157 g/mol. The van der Waals surface area contributed by atoms with Crippen molar-refractivity contribution in [3.63, 3.8) is 0 Å². The van der Waals surface area contributed by atoms with Crippen LogP contribution in [0.25, 0.3) is 0 Å². The predicted octanol–water partition coefficient (Wildman–Crippen LogP) is 1.50. The molecule has 1 heterocycles. The van der Waals surface area contributed by atoms with E-state index >= 15 is 0 Å². The third-order valence-electron chi connectivity index (χ3n) is 2.40. The van der Waals surface area contributed by atoms with Crippen LogP contribution < -0.4 is 0 Å². The van der Waals surface area contributed by atoms with Crippen molar-refractivity contribution in [1.82, 2.24) is 4.90 Å². The van der Waals surface area contributed by atoms with Crippen LogP contribution in [0.4, 0.5) is 0 Å². The molecule has 1 unspecified atom stereocenters. The number of hydrogen-bond acceptors (Lipinski definition) is 2. The molecule has 0 N–H and O–H groups in total. The van der Waals surface area contributed by atoms with Crippen LogP contribution >= 0.6 is 0 Å². The van der Waals surface area contributed by atoms with Crippen molar-refractivity contribution in [2.24, 2.45) is 0 Å². The number of nitrogens with zero attached hydrogens (tertiary/aromatic N) is 1. The first-order valence-electron chi connectivity index (χ1n) is 4.41. The standard InChI is InChI=1S/C9H19NO/c1-7-5-9(10(3)4)6-8(2)11-7/h7-9H,5-6H2,1-4H3/t7-,8+,9?. The first-order valence-corrected chi connectivity index (χ1v) is 4.41. The van der Waals surface area contributed by atoms with Gasteiger partial charge >= 0.3 is 0 Å². The lowest BCUT2D eigenvalue weighted by Gasteiger charge is -2.35. The normalized spacial score (nSPS) is 39.5. The zero-order valence-electron chi connectivity index (χ0n) is 8.00. The SMILES string of the molecule is C[C@@H]1CC(N(C)C)C[C@H](C)O1. The Morgan fingerprint density at radius 3 is 1.91 bits per heavy atom. The summed E-state index contributed by atoms with van der Waals surface area (Å²) in [4.78, 5) is 2.30. The Morgan fingerprint density at radius 1 is 1.09 bits per heavy atom. The van der Waals surface area contributed by atoms with Crippen LogP contribution in [-0.4, -0.2) is 37.2 Å². The van der Waals surface area contributed by atoms with Crippen molar-refractivity contribution in [1.29, 1.82) is 0 Å². The van der Waals surface area contributed by atoms with E-state index in [0.717, 1.165) is 0 Å². The summed E-state index contributed by atoms with van der Waals surface area (Å²) in [6.07, 6.45) is 3.23. The number of rotatable bonds is 1. The molecule has 11 heavy (non-hydrogen) atoms. The van der Waals surface area contributed by atoms with E-state index in [2.05, 4.69) is 32.8 Å². The molecule has 0 spiro atoms. The fourth-order valence-corrected chi connectivity index (χ4v) is 1.79. The Labute approximate surface area is 69.5 Å². The quantitative estimate of drug-likeness (QED) is 0.572. The van der Waals surface area contributed by atoms with Crippen molar-refractivity contribution < 1.29 is 4.74 Å². The van der Waals surface area contributed by atoms with E-state index < -0.39 is 0 Å². The molecule has 0 bridgehead atoms. The van der Waals surface area contributed by atoms with Gasteiger partial charge in [-0.15, -0.1) is 0 Å². The molecule has 0 aliphatic carbocycles. The molecule has 1 rings (SSSR count). The molecule has 1 aliphatic rings. The minimum Gasteiger partial charge on any atom is -0.375 e. The third-order valence-corrected chi connectivity index (χ3v) is 2.40. The fraction of sp³-hybridized carbons (Fsp3) is 1.00. The van der Waals surface area contributed by atoms with Gasteiger partial charge in [-0.3, -0.25) is 0 Å². The molecule has 0 aromatic carbocycles. The zero-order chi connectivity index (χ0) is 8.43. The van der Waals surface area contributed by atoms with Crippen molar-refractivity contribution >= 4 is 0 Å². The fourth-order valence-electron chi connectivity index (χ4n) is 1.79. The summed E-state index contributed by atoms with van der Waals surface area (Å²) in [5.74, 6) is 0. The molecule has 2 heteroatoms. The van der Waals surface area contributed by atoms with Gasteiger partial charge in [0.15, 0.2) is 0 Å². The van der Waals surface area contributed by atoms with Crippen LogP contribution in [-0.2, 0) is 4.74 Å². The molecule has 0 radical (unpaired) electrons. The first-order chi connectivity index (χ1) is 5.09. The van der Waals surface area contributed by atoms with Crippen molar-refractivity contribution in [3.05, 3.63) is 0 Å². The average molecular weight is 157 g/mol. The third kappa shape index (κ3) is 2.46. The van der Waals surface area contributed by atoms with E-state index in [1.54, 1.807) is 0 Å².